The van der Waals surface area contributed by atoms with E-state index >= 15 is 0 Å². The smallest absolute Gasteiger partial charge is 0.0957 e. The van der Waals surface area contributed by atoms with Gasteiger partial charge in [0.15, 0.2) is 0 Å². The Morgan fingerprint density at radius 2 is 2.14 bits per heavy atom. The van der Waals surface area contributed by atoms with Gasteiger partial charge in [-0.15, -0.1) is 0 Å². The number of unbranched alkanes of at least 4 members (excludes halogenated alkanes) is 1. The summed E-state index contributed by atoms with van der Waals surface area (Å²) in [7, 11) is 0. The highest BCUT2D eigenvalue weighted by Crippen LogP contribution is 2.14. The molecule has 1 atom stereocenters. The van der Waals surface area contributed by atoms with Crippen LogP contribution in [-0.2, 0) is 6.42 Å². The normalized spacial score (nSPS) is 12.8. The Labute approximate surface area is 86.0 Å². The van der Waals surface area contributed by atoms with E-state index in [0.29, 0.717) is 0 Å². The van der Waals surface area contributed by atoms with Crippen LogP contribution in [0.1, 0.15) is 50.6 Å². The SMILES string of the molecule is CCCCc1cccc(C(O)CC)n1. The van der Waals surface area contributed by atoms with Crippen LogP contribution in [0.2, 0.25) is 0 Å². The zero-order chi connectivity index (χ0) is 10.4. The van der Waals surface area contributed by atoms with Crippen LogP contribution in [0.15, 0.2) is 18.2 Å². The predicted octanol–water partition coefficient (Wildman–Crippen LogP) is 2.87. The first-order chi connectivity index (χ1) is 6.77. The van der Waals surface area contributed by atoms with E-state index in [2.05, 4.69) is 11.9 Å². The highest BCUT2D eigenvalue weighted by molar-refractivity contribution is 5.13. The number of aliphatic hydroxyl groups is 1. The quantitative estimate of drug-likeness (QED) is 0.780. The number of pyridine rings is 1. The summed E-state index contributed by atoms with van der Waals surface area (Å²) in [6.45, 7) is 4.13. The zero-order valence-corrected chi connectivity index (χ0v) is 9.03. The van der Waals surface area contributed by atoms with Gasteiger partial charge in [-0.25, -0.2) is 0 Å². The third-order valence-corrected chi connectivity index (χ3v) is 2.34. The van der Waals surface area contributed by atoms with Crippen LogP contribution in [0.4, 0.5) is 0 Å². The first kappa shape index (κ1) is 11.2. The van der Waals surface area contributed by atoms with Gasteiger partial charge < -0.3 is 5.11 Å². The molecule has 1 aromatic rings. The molecule has 0 aromatic carbocycles. The summed E-state index contributed by atoms with van der Waals surface area (Å²) in [4.78, 5) is 4.43. The summed E-state index contributed by atoms with van der Waals surface area (Å²) in [6, 6.07) is 5.90. The van der Waals surface area contributed by atoms with Crippen molar-refractivity contribution in [3.8, 4) is 0 Å². The van der Waals surface area contributed by atoms with Crippen molar-refractivity contribution in [1.82, 2.24) is 4.98 Å². The number of aryl methyl sites for hydroxylation is 1. The van der Waals surface area contributed by atoms with Gasteiger partial charge in [0.05, 0.1) is 11.8 Å². The van der Waals surface area contributed by atoms with Crippen molar-refractivity contribution in [1.29, 1.82) is 0 Å². The zero-order valence-electron chi connectivity index (χ0n) is 9.03. The lowest BCUT2D eigenvalue weighted by molar-refractivity contribution is 0.168. The number of hydrogen-bond donors (Lipinski definition) is 1. The van der Waals surface area contributed by atoms with Gasteiger partial charge >= 0.3 is 0 Å². The van der Waals surface area contributed by atoms with Crippen LogP contribution < -0.4 is 0 Å². The molecule has 0 radical (unpaired) electrons. The molecular weight excluding hydrogens is 174 g/mol. The average Bonchev–Trinajstić information content (AvgIpc) is 2.25. The summed E-state index contributed by atoms with van der Waals surface area (Å²) in [5.74, 6) is 0. The Balaban J connectivity index is 2.68. The highest BCUT2D eigenvalue weighted by Gasteiger charge is 2.06. The van der Waals surface area contributed by atoms with Crippen LogP contribution in [0.25, 0.3) is 0 Å². The molecule has 0 spiro atoms. The maximum atomic E-state index is 9.62. The van der Waals surface area contributed by atoms with Gasteiger partial charge in [-0.2, -0.15) is 0 Å². The van der Waals surface area contributed by atoms with Gasteiger partial charge in [-0.05, 0) is 31.4 Å². The number of aliphatic hydroxyl groups excluding tert-OH is 1. The minimum absolute atomic E-state index is 0.406. The van der Waals surface area contributed by atoms with E-state index < -0.39 is 6.10 Å². The van der Waals surface area contributed by atoms with Gasteiger partial charge in [0.25, 0.3) is 0 Å². The van der Waals surface area contributed by atoms with Gasteiger partial charge in [-0.1, -0.05) is 26.3 Å². The van der Waals surface area contributed by atoms with Crippen LogP contribution in [0.3, 0.4) is 0 Å². The fourth-order valence-corrected chi connectivity index (χ4v) is 1.39. The standard InChI is InChI=1S/C12H19NO/c1-3-5-7-10-8-6-9-11(13-10)12(14)4-2/h6,8-9,12,14H,3-5,7H2,1-2H3. The Kier molecular flexibility index (Phi) is 4.60. The van der Waals surface area contributed by atoms with E-state index in [1.54, 1.807) is 0 Å². The van der Waals surface area contributed by atoms with Gasteiger partial charge in [0.2, 0.25) is 0 Å². The molecule has 0 saturated carbocycles. The Bertz CT molecular complexity index is 273. The third kappa shape index (κ3) is 3.11. The molecule has 0 saturated heterocycles. The fraction of sp³-hybridized carbons (Fsp3) is 0.583. The monoisotopic (exact) mass is 193 g/mol. The van der Waals surface area contributed by atoms with Crippen molar-refractivity contribution < 1.29 is 5.11 Å². The van der Waals surface area contributed by atoms with E-state index in [9.17, 15) is 5.11 Å². The lowest BCUT2D eigenvalue weighted by Crippen LogP contribution is -2.01. The molecule has 0 aliphatic heterocycles. The molecule has 0 bridgehead atoms. The van der Waals surface area contributed by atoms with Crippen LogP contribution in [-0.4, -0.2) is 10.1 Å². The summed E-state index contributed by atoms with van der Waals surface area (Å²) in [5, 5.41) is 9.62. The van der Waals surface area contributed by atoms with E-state index in [4.69, 9.17) is 0 Å². The molecule has 0 amide bonds. The van der Waals surface area contributed by atoms with Crippen molar-refractivity contribution in [2.24, 2.45) is 0 Å². The van der Waals surface area contributed by atoms with Crippen molar-refractivity contribution in [2.45, 2.75) is 45.6 Å². The maximum absolute atomic E-state index is 9.62. The molecular formula is C12H19NO. The largest absolute Gasteiger partial charge is 0.387 e. The van der Waals surface area contributed by atoms with Crippen molar-refractivity contribution in [3.63, 3.8) is 0 Å². The van der Waals surface area contributed by atoms with E-state index in [1.165, 1.54) is 12.8 Å². The fourth-order valence-electron chi connectivity index (χ4n) is 1.39. The van der Waals surface area contributed by atoms with Crippen LogP contribution >= 0.6 is 0 Å². The average molecular weight is 193 g/mol. The van der Waals surface area contributed by atoms with E-state index in [-0.39, 0.29) is 0 Å². The van der Waals surface area contributed by atoms with E-state index in [1.807, 2.05) is 25.1 Å². The molecule has 78 valence electrons. The number of nitrogens with zero attached hydrogens (tertiary/aromatic N) is 1. The minimum atomic E-state index is -0.406. The van der Waals surface area contributed by atoms with Crippen molar-refractivity contribution in [2.75, 3.05) is 0 Å². The molecule has 0 aliphatic carbocycles. The second-order valence-corrected chi connectivity index (χ2v) is 3.58. The van der Waals surface area contributed by atoms with Gasteiger partial charge in [0.1, 0.15) is 0 Å². The van der Waals surface area contributed by atoms with Crippen LogP contribution in [0, 0.1) is 0 Å². The minimum Gasteiger partial charge on any atom is -0.387 e. The molecule has 1 aromatic heterocycles. The molecule has 1 N–H and O–H groups in total. The molecule has 0 fully saturated rings. The molecule has 1 heterocycles. The molecule has 14 heavy (non-hydrogen) atoms. The lowest BCUT2D eigenvalue weighted by Gasteiger charge is -2.08. The highest BCUT2D eigenvalue weighted by atomic mass is 16.3. The summed E-state index contributed by atoms with van der Waals surface area (Å²) >= 11 is 0. The summed E-state index contributed by atoms with van der Waals surface area (Å²) < 4.78 is 0. The number of aromatic nitrogens is 1. The summed E-state index contributed by atoms with van der Waals surface area (Å²) in [5.41, 5.74) is 1.90. The Morgan fingerprint density at radius 3 is 2.79 bits per heavy atom. The van der Waals surface area contributed by atoms with Crippen molar-refractivity contribution >= 4 is 0 Å². The molecule has 0 aliphatic rings. The molecule has 2 nitrogen and oxygen atoms in total. The Morgan fingerprint density at radius 1 is 1.36 bits per heavy atom. The molecule has 1 rings (SSSR count). The van der Waals surface area contributed by atoms with Gasteiger partial charge in [-0.3, -0.25) is 4.98 Å². The van der Waals surface area contributed by atoms with Crippen molar-refractivity contribution in [3.05, 3.63) is 29.6 Å². The maximum Gasteiger partial charge on any atom is 0.0957 e. The Hall–Kier alpha value is -0.890. The molecule has 2 heteroatoms. The van der Waals surface area contributed by atoms with Crippen LogP contribution in [0.5, 0.6) is 0 Å². The second kappa shape index (κ2) is 5.76. The first-order valence-corrected chi connectivity index (χ1v) is 5.41. The number of rotatable bonds is 5. The lowest BCUT2D eigenvalue weighted by atomic mass is 10.1. The topological polar surface area (TPSA) is 33.1 Å². The summed E-state index contributed by atoms with van der Waals surface area (Å²) in [6.07, 6.45) is 3.68. The van der Waals surface area contributed by atoms with Gasteiger partial charge in [0, 0.05) is 5.69 Å². The predicted molar refractivity (Wildman–Crippen MR) is 58.1 cm³/mol. The second-order valence-electron chi connectivity index (χ2n) is 3.58. The van der Waals surface area contributed by atoms with E-state index in [0.717, 1.165) is 24.2 Å². The third-order valence-electron chi connectivity index (χ3n) is 2.34. The molecule has 1 unspecified atom stereocenters. The first-order valence-electron chi connectivity index (χ1n) is 5.41. The number of hydrogen-bond acceptors (Lipinski definition) is 2.